The summed E-state index contributed by atoms with van der Waals surface area (Å²) < 4.78 is 0. The Labute approximate surface area is 109 Å². The van der Waals surface area contributed by atoms with Crippen LogP contribution in [0.1, 0.15) is 42.0 Å². The second-order valence-corrected chi connectivity index (χ2v) is 6.35. The molecule has 1 unspecified atom stereocenters. The Morgan fingerprint density at radius 2 is 2.06 bits per heavy atom. The lowest BCUT2D eigenvalue weighted by Crippen LogP contribution is -2.36. The van der Waals surface area contributed by atoms with Crippen molar-refractivity contribution >= 4 is 11.3 Å². The van der Waals surface area contributed by atoms with Crippen molar-refractivity contribution in [3.63, 3.8) is 0 Å². The first kappa shape index (κ1) is 13.1. The van der Waals surface area contributed by atoms with E-state index < -0.39 is 0 Å². The molecule has 96 valence electrons. The van der Waals surface area contributed by atoms with E-state index in [0.717, 1.165) is 6.54 Å². The fraction of sp³-hybridized carbons (Fsp3) is 0.714. The Bertz CT molecular complexity index is 329. The van der Waals surface area contributed by atoms with Crippen LogP contribution in [0.3, 0.4) is 0 Å². The normalized spacial score (nSPS) is 19.4. The van der Waals surface area contributed by atoms with Crippen LogP contribution in [0.25, 0.3) is 0 Å². The van der Waals surface area contributed by atoms with E-state index >= 15 is 0 Å². The van der Waals surface area contributed by atoms with Crippen LogP contribution in [0, 0.1) is 6.92 Å². The molecule has 1 aromatic rings. The molecular weight excluding hydrogens is 228 g/mol. The lowest BCUT2D eigenvalue weighted by molar-refractivity contribution is 0.227. The van der Waals surface area contributed by atoms with Gasteiger partial charge in [-0.25, -0.2) is 0 Å². The van der Waals surface area contributed by atoms with E-state index in [0.29, 0.717) is 6.04 Å². The van der Waals surface area contributed by atoms with Crippen LogP contribution in [0.15, 0.2) is 12.1 Å². The molecule has 0 amide bonds. The number of hydrogen-bond donors (Lipinski definition) is 1. The molecule has 1 fully saturated rings. The molecular formula is C14H24N2S. The highest BCUT2D eigenvalue weighted by molar-refractivity contribution is 7.12. The van der Waals surface area contributed by atoms with Gasteiger partial charge in [-0.3, -0.25) is 0 Å². The highest BCUT2D eigenvalue weighted by atomic mass is 32.1. The predicted molar refractivity (Wildman–Crippen MR) is 75.8 cm³/mol. The van der Waals surface area contributed by atoms with Crippen molar-refractivity contribution in [2.24, 2.45) is 0 Å². The average molecular weight is 252 g/mol. The molecule has 17 heavy (non-hydrogen) atoms. The minimum Gasteiger partial charge on any atom is -0.308 e. The van der Waals surface area contributed by atoms with Crippen LogP contribution in [-0.4, -0.2) is 31.1 Å². The molecule has 1 aromatic heterocycles. The van der Waals surface area contributed by atoms with Crippen molar-refractivity contribution in [3.8, 4) is 0 Å². The Hall–Kier alpha value is -0.380. The molecule has 1 N–H and O–H groups in total. The summed E-state index contributed by atoms with van der Waals surface area (Å²) in [5, 5.41) is 3.63. The maximum Gasteiger partial charge on any atom is 0.0386 e. The van der Waals surface area contributed by atoms with Crippen molar-refractivity contribution in [3.05, 3.63) is 21.9 Å². The first-order valence-corrected chi connectivity index (χ1v) is 7.59. The van der Waals surface area contributed by atoms with E-state index in [2.05, 4.69) is 36.2 Å². The Kier molecular flexibility index (Phi) is 5.01. The van der Waals surface area contributed by atoms with Crippen molar-refractivity contribution in [2.75, 3.05) is 26.2 Å². The van der Waals surface area contributed by atoms with Crippen molar-refractivity contribution < 1.29 is 0 Å². The fourth-order valence-electron chi connectivity index (χ4n) is 2.41. The van der Waals surface area contributed by atoms with Crippen LogP contribution in [0.5, 0.6) is 0 Å². The van der Waals surface area contributed by atoms with Gasteiger partial charge in [-0.15, -0.1) is 11.3 Å². The number of rotatable bonds is 5. The summed E-state index contributed by atoms with van der Waals surface area (Å²) in [6, 6.07) is 4.96. The molecule has 1 aliphatic heterocycles. The Morgan fingerprint density at radius 3 is 2.71 bits per heavy atom. The van der Waals surface area contributed by atoms with Gasteiger partial charge >= 0.3 is 0 Å². The number of nitrogens with one attached hydrogen (secondary N) is 1. The van der Waals surface area contributed by atoms with Gasteiger partial charge in [-0.05, 0) is 51.9 Å². The fourth-order valence-corrected chi connectivity index (χ4v) is 3.31. The molecule has 0 saturated carbocycles. The number of piperidine rings is 1. The molecule has 0 spiro atoms. The molecule has 2 nitrogen and oxygen atoms in total. The SMILES string of the molecule is Cc1ccc(C(C)NCCN2CCCCC2)s1. The summed E-state index contributed by atoms with van der Waals surface area (Å²) in [4.78, 5) is 5.45. The zero-order chi connectivity index (χ0) is 12.1. The molecule has 0 aromatic carbocycles. The summed E-state index contributed by atoms with van der Waals surface area (Å²) in [5.41, 5.74) is 0. The number of aryl methyl sites for hydroxylation is 1. The minimum atomic E-state index is 0.499. The van der Waals surface area contributed by atoms with Gasteiger partial charge in [0.1, 0.15) is 0 Å². The molecule has 0 bridgehead atoms. The van der Waals surface area contributed by atoms with E-state index in [-0.39, 0.29) is 0 Å². The van der Waals surface area contributed by atoms with Gasteiger partial charge in [0.15, 0.2) is 0 Å². The quantitative estimate of drug-likeness (QED) is 0.866. The minimum absolute atomic E-state index is 0.499. The summed E-state index contributed by atoms with van der Waals surface area (Å²) in [6.07, 6.45) is 4.20. The van der Waals surface area contributed by atoms with Crippen molar-refractivity contribution in [1.29, 1.82) is 0 Å². The molecule has 0 aliphatic carbocycles. The highest BCUT2D eigenvalue weighted by Gasteiger charge is 2.11. The maximum atomic E-state index is 3.63. The van der Waals surface area contributed by atoms with E-state index in [1.807, 2.05) is 11.3 Å². The van der Waals surface area contributed by atoms with Crippen LogP contribution in [-0.2, 0) is 0 Å². The summed E-state index contributed by atoms with van der Waals surface area (Å²) in [7, 11) is 0. The van der Waals surface area contributed by atoms with Gasteiger partial charge in [0.05, 0.1) is 0 Å². The first-order valence-electron chi connectivity index (χ1n) is 6.78. The van der Waals surface area contributed by atoms with Crippen LogP contribution < -0.4 is 5.32 Å². The lowest BCUT2D eigenvalue weighted by atomic mass is 10.1. The van der Waals surface area contributed by atoms with Gasteiger partial charge in [0, 0.05) is 28.9 Å². The molecule has 2 heterocycles. The Morgan fingerprint density at radius 1 is 1.29 bits per heavy atom. The topological polar surface area (TPSA) is 15.3 Å². The van der Waals surface area contributed by atoms with Crippen LogP contribution in [0.2, 0.25) is 0 Å². The first-order chi connectivity index (χ1) is 8.25. The van der Waals surface area contributed by atoms with E-state index in [4.69, 9.17) is 0 Å². The molecule has 3 heteroatoms. The largest absolute Gasteiger partial charge is 0.308 e. The van der Waals surface area contributed by atoms with Gasteiger partial charge in [0.2, 0.25) is 0 Å². The Balaban J connectivity index is 1.67. The van der Waals surface area contributed by atoms with Gasteiger partial charge < -0.3 is 10.2 Å². The second kappa shape index (κ2) is 6.53. The van der Waals surface area contributed by atoms with Crippen molar-refractivity contribution in [2.45, 2.75) is 39.2 Å². The summed E-state index contributed by atoms with van der Waals surface area (Å²) in [6.45, 7) is 9.35. The zero-order valence-corrected chi connectivity index (χ0v) is 11.9. The van der Waals surface area contributed by atoms with Gasteiger partial charge in [0.25, 0.3) is 0 Å². The standard InChI is InChI=1S/C14H24N2S/c1-12-6-7-14(17-12)13(2)15-8-11-16-9-4-3-5-10-16/h6-7,13,15H,3-5,8-11H2,1-2H3. The third kappa shape index (κ3) is 4.09. The third-order valence-corrected chi connectivity index (χ3v) is 4.70. The average Bonchev–Trinajstić information content (AvgIpc) is 2.77. The monoisotopic (exact) mass is 252 g/mol. The smallest absolute Gasteiger partial charge is 0.0386 e. The molecule has 0 radical (unpaired) electrons. The van der Waals surface area contributed by atoms with Crippen molar-refractivity contribution in [1.82, 2.24) is 10.2 Å². The van der Waals surface area contributed by atoms with Crippen LogP contribution in [0.4, 0.5) is 0 Å². The number of thiophene rings is 1. The highest BCUT2D eigenvalue weighted by Crippen LogP contribution is 2.22. The van der Waals surface area contributed by atoms with Gasteiger partial charge in [-0.2, -0.15) is 0 Å². The third-order valence-electron chi connectivity index (χ3n) is 3.52. The second-order valence-electron chi connectivity index (χ2n) is 5.03. The zero-order valence-electron chi connectivity index (χ0n) is 11.0. The van der Waals surface area contributed by atoms with E-state index in [9.17, 15) is 0 Å². The number of likely N-dealkylation sites (tertiary alicyclic amines) is 1. The number of nitrogens with zero attached hydrogens (tertiary/aromatic N) is 1. The van der Waals surface area contributed by atoms with Crippen LogP contribution >= 0.6 is 11.3 Å². The molecule has 2 rings (SSSR count). The maximum absolute atomic E-state index is 3.63. The summed E-state index contributed by atoms with van der Waals surface area (Å²) >= 11 is 1.91. The molecule has 1 aliphatic rings. The molecule has 1 saturated heterocycles. The molecule has 1 atom stereocenters. The van der Waals surface area contributed by atoms with E-state index in [1.54, 1.807) is 0 Å². The number of hydrogen-bond acceptors (Lipinski definition) is 3. The summed E-state index contributed by atoms with van der Waals surface area (Å²) in [5.74, 6) is 0. The predicted octanol–water partition coefficient (Wildman–Crippen LogP) is 3.19. The van der Waals surface area contributed by atoms with Gasteiger partial charge in [-0.1, -0.05) is 6.42 Å². The lowest BCUT2D eigenvalue weighted by Gasteiger charge is -2.27. The van der Waals surface area contributed by atoms with E-state index in [1.165, 1.54) is 48.7 Å².